The highest BCUT2D eigenvalue weighted by molar-refractivity contribution is 6.27. The lowest BCUT2D eigenvalue weighted by Gasteiger charge is -2.08. The predicted octanol–water partition coefficient (Wildman–Crippen LogP) is 0.834. The second-order valence-corrected chi connectivity index (χ2v) is 2.51. The molecule has 0 aromatic heterocycles. The highest BCUT2D eigenvalue weighted by Crippen LogP contribution is 2.12. The lowest BCUT2D eigenvalue weighted by Crippen LogP contribution is -2.14. The van der Waals surface area contributed by atoms with Crippen LogP contribution in [-0.2, 0) is 14.3 Å². The number of hydrogen-bond acceptors (Lipinski definition) is 3. The largest absolute Gasteiger partial charge is 0.493 e. The summed E-state index contributed by atoms with van der Waals surface area (Å²) in [6, 6.07) is 0. The summed E-state index contributed by atoms with van der Waals surface area (Å²) in [5, 5.41) is 0. The van der Waals surface area contributed by atoms with Gasteiger partial charge < -0.3 is 4.74 Å². The molecule has 0 heterocycles. The van der Waals surface area contributed by atoms with Crippen molar-refractivity contribution in [2.45, 2.75) is 0 Å². The second kappa shape index (κ2) is 3.54. The van der Waals surface area contributed by atoms with E-state index in [1.165, 1.54) is 13.2 Å². The Labute approximate surface area is 74.6 Å². The van der Waals surface area contributed by atoms with Gasteiger partial charge in [0, 0.05) is 11.6 Å². The fourth-order valence-electron chi connectivity index (χ4n) is 0.847. The molecule has 1 aliphatic carbocycles. The number of alkyl halides is 1. The van der Waals surface area contributed by atoms with E-state index < -0.39 is 0 Å². The quantitative estimate of drug-likeness (QED) is 0.474. The van der Waals surface area contributed by atoms with Crippen LogP contribution in [0.25, 0.3) is 0 Å². The molecule has 4 heteroatoms. The van der Waals surface area contributed by atoms with Crippen LogP contribution < -0.4 is 0 Å². The molecular weight excluding hydrogens is 180 g/mol. The molecule has 0 bridgehead atoms. The number of carbonyl (C=O) groups is 2. The molecule has 3 nitrogen and oxygen atoms in total. The highest BCUT2D eigenvalue weighted by atomic mass is 35.5. The Morgan fingerprint density at radius 2 is 2.00 bits per heavy atom. The topological polar surface area (TPSA) is 43.4 Å². The van der Waals surface area contributed by atoms with Crippen LogP contribution in [0.15, 0.2) is 23.5 Å². The first kappa shape index (κ1) is 9.00. The van der Waals surface area contributed by atoms with Gasteiger partial charge in [0.25, 0.3) is 0 Å². The summed E-state index contributed by atoms with van der Waals surface area (Å²) >= 11 is 5.42. The van der Waals surface area contributed by atoms with Crippen LogP contribution in [0.3, 0.4) is 0 Å². The van der Waals surface area contributed by atoms with E-state index in [1.807, 2.05) is 0 Å². The molecule has 0 unspecified atom stereocenters. The Kier molecular flexibility index (Phi) is 2.65. The van der Waals surface area contributed by atoms with E-state index in [-0.39, 0.29) is 23.2 Å². The number of allylic oxidation sites excluding steroid dienone is 3. The predicted molar refractivity (Wildman–Crippen MR) is 43.9 cm³/mol. The standard InChI is InChI=1S/C8H7ClO3/c1-12-8-3-6(10)5(4-9)2-7(8)11/h2-3H,4H2,1H3. The summed E-state index contributed by atoms with van der Waals surface area (Å²) in [6.45, 7) is 0. The van der Waals surface area contributed by atoms with E-state index in [9.17, 15) is 9.59 Å². The van der Waals surface area contributed by atoms with Crippen LogP contribution in [0.2, 0.25) is 0 Å². The Bertz CT molecular complexity index is 259. The molecule has 1 aliphatic rings. The first-order valence-corrected chi connectivity index (χ1v) is 3.83. The second-order valence-electron chi connectivity index (χ2n) is 2.24. The van der Waals surface area contributed by atoms with Gasteiger partial charge in [0.05, 0.1) is 13.0 Å². The van der Waals surface area contributed by atoms with Gasteiger partial charge in [-0.25, -0.2) is 0 Å². The zero-order valence-electron chi connectivity index (χ0n) is 6.46. The fraction of sp³-hybridized carbons (Fsp3) is 0.250. The number of halogens is 1. The maximum Gasteiger partial charge on any atom is 0.220 e. The molecule has 0 radical (unpaired) electrons. The van der Waals surface area contributed by atoms with Crippen LogP contribution in [0.5, 0.6) is 0 Å². The minimum Gasteiger partial charge on any atom is -0.493 e. The number of rotatable bonds is 2. The highest BCUT2D eigenvalue weighted by Gasteiger charge is 2.19. The molecular formula is C8H7ClO3. The molecule has 0 saturated carbocycles. The number of hydrogen-bond donors (Lipinski definition) is 0. The Hall–Kier alpha value is -1.09. The van der Waals surface area contributed by atoms with Crippen molar-refractivity contribution < 1.29 is 14.3 Å². The van der Waals surface area contributed by atoms with E-state index in [4.69, 9.17) is 11.6 Å². The van der Waals surface area contributed by atoms with E-state index in [0.717, 1.165) is 6.08 Å². The number of carbonyl (C=O) groups excluding carboxylic acids is 2. The van der Waals surface area contributed by atoms with Gasteiger partial charge in [-0.2, -0.15) is 0 Å². The fourth-order valence-corrected chi connectivity index (χ4v) is 1.06. The molecule has 0 aromatic rings. The SMILES string of the molecule is COC1=CC(=O)C(CCl)=CC1=O. The minimum atomic E-state index is -0.312. The number of methoxy groups -OCH3 is 1. The maximum absolute atomic E-state index is 11.1. The van der Waals surface area contributed by atoms with Gasteiger partial charge >= 0.3 is 0 Å². The Balaban J connectivity index is 2.94. The summed E-state index contributed by atoms with van der Waals surface area (Å²) < 4.78 is 4.67. The van der Waals surface area contributed by atoms with Crippen molar-refractivity contribution in [1.29, 1.82) is 0 Å². The lowest BCUT2D eigenvalue weighted by atomic mass is 10.0. The van der Waals surface area contributed by atoms with Gasteiger partial charge in [-0.15, -0.1) is 11.6 Å². The third-order valence-corrected chi connectivity index (χ3v) is 1.78. The van der Waals surface area contributed by atoms with Gasteiger partial charge in [0.1, 0.15) is 0 Å². The zero-order valence-corrected chi connectivity index (χ0v) is 7.22. The molecule has 12 heavy (non-hydrogen) atoms. The van der Waals surface area contributed by atoms with Crippen molar-refractivity contribution in [3.8, 4) is 0 Å². The molecule has 0 atom stereocenters. The monoisotopic (exact) mass is 186 g/mol. The molecule has 0 N–H and O–H groups in total. The van der Waals surface area contributed by atoms with Gasteiger partial charge in [0.2, 0.25) is 5.78 Å². The Morgan fingerprint density at radius 3 is 2.50 bits per heavy atom. The molecule has 0 aromatic carbocycles. The first-order chi connectivity index (χ1) is 5.69. The summed E-state index contributed by atoms with van der Waals surface area (Å²) in [6.07, 6.45) is 2.36. The van der Waals surface area contributed by atoms with E-state index in [2.05, 4.69) is 4.74 Å². The lowest BCUT2D eigenvalue weighted by molar-refractivity contribution is -0.117. The van der Waals surface area contributed by atoms with Gasteiger partial charge in [-0.05, 0) is 6.08 Å². The van der Waals surface area contributed by atoms with Crippen molar-refractivity contribution in [2.75, 3.05) is 13.0 Å². The smallest absolute Gasteiger partial charge is 0.220 e. The first-order valence-electron chi connectivity index (χ1n) is 3.30. The summed E-state index contributed by atoms with van der Waals surface area (Å²) in [5.41, 5.74) is 0.308. The average molecular weight is 187 g/mol. The molecule has 1 rings (SSSR count). The van der Waals surface area contributed by atoms with Crippen molar-refractivity contribution >= 4 is 23.2 Å². The van der Waals surface area contributed by atoms with Crippen molar-refractivity contribution in [3.63, 3.8) is 0 Å². The van der Waals surface area contributed by atoms with Crippen molar-refractivity contribution in [1.82, 2.24) is 0 Å². The molecule has 64 valence electrons. The van der Waals surface area contributed by atoms with E-state index in [0.29, 0.717) is 5.57 Å². The van der Waals surface area contributed by atoms with Crippen LogP contribution >= 0.6 is 11.6 Å². The van der Waals surface area contributed by atoms with Gasteiger partial charge in [0.15, 0.2) is 11.5 Å². The molecule has 0 spiro atoms. The van der Waals surface area contributed by atoms with E-state index in [1.54, 1.807) is 0 Å². The molecule has 0 fully saturated rings. The number of ether oxygens (including phenoxy) is 1. The van der Waals surface area contributed by atoms with Crippen LogP contribution in [0.1, 0.15) is 0 Å². The summed E-state index contributed by atoms with van der Waals surface area (Å²) in [4.78, 5) is 22.1. The summed E-state index contributed by atoms with van der Waals surface area (Å²) in [7, 11) is 1.34. The van der Waals surface area contributed by atoms with Gasteiger partial charge in [-0.1, -0.05) is 0 Å². The van der Waals surface area contributed by atoms with E-state index >= 15 is 0 Å². The summed E-state index contributed by atoms with van der Waals surface area (Å²) in [5.74, 6) is -0.457. The van der Waals surface area contributed by atoms with Crippen molar-refractivity contribution in [3.05, 3.63) is 23.5 Å². The van der Waals surface area contributed by atoms with Crippen LogP contribution in [0, 0.1) is 0 Å². The van der Waals surface area contributed by atoms with Gasteiger partial charge in [-0.3, -0.25) is 9.59 Å². The third-order valence-electron chi connectivity index (χ3n) is 1.49. The average Bonchev–Trinajstić information content (AvgIpc) is 2.08. The maximum atomic E-state index is 11.1. The van der Waals surface area contributed by atoms with Crippen molar-refractivity contribution in [2.24, 2.45) is 0 Å². The third kappa shape index (κ3) is 1.56. The minimum absolute atomic E-state index is 0.0536. The van der Waals surface area contributed by atoms with Crippen LogP contribution in [-0.4, -0.2) is 24.6 Å². The zero-order chi connectivity index (χ0) is 9.14. The molecule has 0 amide bonds. The van der Waals surface area contributed by atoms with Crippen LogP contribution in [0.4, 0.5) is 0 Å². The molecule has 0 saturated heterocycles. The number of ketones is 2. The molecule has 0 aliphatic heterocycles. The Morgan fingerprint density at radius 1 is 1.33 bits per heavy atom. The normalized spacial score (nSPS) is 17.2.